The lowest BCUT2D eigenvalue weighted by Gasteiger charge is -2.13. The number of benzene rings is 3. The first-order valence-electron chi connectivity index (χ1n) is 8.81. The fraction of sp³-hybridized carbons (Fsp3) is 0.0952. The number of anilines is 3. The molecule has 0 atom stereocenters. The molecule has 7 heteroatoms. The highest BCUT2D eigenvalue weighted by atomic mass is 32.2. The molecular formula is C21H21N3O2S2. The van der Waals surface area contributed by atoms with Crippen LogP contribution in [-0.4, -0.2) is 13.5 Å². The van der Waals surface area contributed by atoms with Crippen molar-refractivity contribution in [3.05, 3.63) is 84.4 Å². The summed E-state index contributed by atoms with van der Waals surface area (Å²) in [6.45, 7) is 2.10. The van der Waals surface area contributed by atoms with Gasteiger partial charge in [-0.05, 0) is 66.7 Å². The fourth-order valence-corrected chi connectivity index (χ4v) is 3.92. The predicted molar refractivity (Wildman–Crippen MR) is 119 cm³/mol. The maximum atomic E-state index is 12.6. The summed E-state index contributed by atoms with van der Waals surface area (Å²) in [6.07, 6.45) is 0.973. The third-order valence-electron chi connectivity index (χ3n) is 4.05. The Bertz CT molecular complexity index is 1050. The monoisotopic (exact) mass is 411 g/mol. The minimum Gasteiger partial charge on any atom is -0.332 e. The van der Waals surface area contributed by atoms with E-state index in [0.717, 1.165) is 12.1 Å². The summed E-state index contributed by atoms with van der Waals surface area (Å²) < 4.78 is 27.8. The predicted octanol–water partition coefficient (Wildman–Crippen LogP) is 4.86. The Balaban J connectivity index is 1.69. The van der Waals surface area contributed by atoms with E-state index in [1.807, 2.05) is 30.3 Å². The average Bonchev–Trinajstić information content (AvgIpc) is 2.69. The zero-order valence-electron chi connectivity index (χ0n) is 15.3. The van der Waals surface area contributed by atoms with Crippen molar-refractivity contribution in [1.82, 2.24) is 0 Å². The molecule has 0 fully saturated rings. The van der Waals surface area contributed by atoms with Crippen LogP contribution in [-0.2, 0) is 16.4 Å². The zero-order chi connectivity index (χ0) is 20.0. The molecule has 5 nitrogen and oxygen atoms in total. The molecule has 0 aliphatic carbocycles. The summed E-state index contributed by atoms with van der Waals surface area (Å²) in [5.41, 5.74) is 3.20. The van der Waals surface area contributed by atoms with Crippen LogP contribution in [0.2, 0.25) is 0 Å². The SMILES string of the molecule is CCc1ccc(NC(=S)Nc2cccc(S(=O)(=O)Nc3ccccc3)c2)cc1. The van der Waals surface area contributed by atoms with E-state index in [4.69, 9.17) is 12.2 Å². The molecule has 3 aromatic carbocycles. The second-order valence-electron chi connectivity index (χ2n) is 6.13. The second-order valence-corrected chi connectivity index (χ2v) is 8.22. The first kappa shape index (κ1) is 19.9. The van der Waals surface area contributed by atoms with Gasteiger partial charge in [0.05, 0.1) is 4.90 Å². The van der Waals surface area contributed by atoms with Crippen LogP contribution in [0.3, 0.4) is 0 Å². The van der Waals surface area contributed by atoms with Crippen LogP contribution in [0.5, 0.6) is 0 Å². The number of thiocarbonyl (C=S) groups is 1. The van der Waals surface area contributed by atoms with Crippen LogP contribution < -0.4 is 15.4 Å². The van der Waals surface area contributed by atoms with E-state index in [0.29, 0.717) is 16.5 Å². The topological polar surface area (TPSA) is 70.2 Å². The van der Waals surface area contributed by atoms with Crippen LogP contribution in [0.4, 0.5) is 17.1 Å². The summed E-state index contributed by atoms with van der Waals surface area (Å²) in [6, 6.07) is 23.2. The van der Waals surface area contributed by atoms with Gasteiger partial charge in [0.25, 0.3) is 10.0 Å². The van der Waals surface area contributed by atoms with E-state index >= 15 is 0 Å². The third kappa shape index (κ3) is 5.31. The summed E-state index contributed by atoms with van der Waals surface area (Å²) >= 11 is 5.33. The Morgan fingerprint density at radius 3 is 2.14 bits per heavy atom. The van der Waals surface area contributed by atoms with Crippen molar-refractivity contribution in [2.24, 2.45) is 0 Å². The molecule has 3 rings (SSSR count). The first-order valence-corrected chi connectivity index (χ1v) is 10.7. The lowest BCUT2D eigenvalue weighted by atomic mass is 10.1. The summed E-state index contributed by atoms with van der Waals surface area (Å²) in [5.74, 6) is 0. The largest absolute Gasteiger partial charge is 0.332 e. The van der Waals surface area contributed by atoms with Crippen molar-refractivity contribution in [1.29, 1.82) is 0 Å². The Morgan fingerprint density at radius 2 is 1.46 bits per heavy atom. The van der Waals surface area contributed by atoms with Crippen molar-refractivity contribution >= 4 is 44.4 Å². The molecule has 0 saturated heterocycles. The molecule has 3 aromatic rings. The van der Waals surface area contributed by atoms with Gasteiger partial charge in [-0.2, -0.15) is 0 Å². The lowest BCUT2D eigenvalue weighted by Crippen LogP contribution is -2.19. The van der Waals surface area contributed by atoms with Crippen molar-refractivity contribution in [2.75, 3.05) is 15.4 Å². The van der Waals surface area contributed by atoms with Gasteiger partial charge in [-0.3, -0.25) is 4.72 Å². The van der Waals surface area contributed by atoms with Crippen LogP contribution >= 0.6 is 12.2 Å². The molecular weight excluding hydrogens is 390 g/mol. The molecule has 0 spiro atoms. The average molecular weight is 412 g/mol. The normalized spacial score (nSPS) is 10.9. The Morgan fingerprint density at radius 1 is 0.821 bits per heavy atom. The highest BCUT2D eigenvalue weighted by Crippen LogP contribution is 2.19. The highest BCUT2D eigenvalue weighted by molar-refractivity contribution is 7.92. The molecule has 0 aliphatic heterocycles. The van der Waals surface area contributed by atoms with Crippen LogP contribution in [0.15, 0.2) is 83.8 Å². The van der Waals surface area contributed by atoms with Gasteiger partial charge in [0, 0.05) is 17.1 Å². The van der Waals surface area contributed by atoms with Gasteiger partial charge >= 0.3 is 0 Å². The molecule has 0 aliphatic rings. The number of hydrogen-bond donors (Lipinski definition) is 3. The molecule has 0 unspecified atom stereocenters. The summed E-state index contributed by atoms with van der Waals surface area (Å²) in [7, 11) is -3.69. The second kappa shape index (κ2) is 8.86. The molecule has 28 heavy (non-hydrogen) atoms. The standard InChI is InChI=1S/C21H21N3O2S2/c1-2-16-11-13-17(14-12-16)22-21(27)23-19-9-6-10-20(15-19)28(25,26)24-18-7-4-3-5-8-18/h3-15,24H,2H2,1H3,(H2,22,23,27). The first-order chi connectivity index (χ1) is 13.5. The molecule has 0 saturated carbocycles. The van der Waals surface area contributed by atoms with Gasteiger partial charge in [0.15, 0.2) is 5.11 Å². The summed E-state index contributed by atoms with van der Waals surface area (Å²) in [4.78, 5) is 0.149. The third-order valence-corrected chi connectivity index (χ3v) is 5.63. The molecule has 3 N–H and O–H groups in total. The Labute approximate surface area is 170 Å². The van der Waals surface area contributed by atoms with E-state index in [1.54, 1.807) is 42.5 Å². The smallest absolute Gasteiger partial charge is 0.261 e. The van der Waals surface area contributed by atoms with Gasteiger partial charge in [-0.25, -0.2) is 8.42 Å². The summed E-state index contributed by atoms with van der Waals surface area (Å²) in [5, 5.41) is 6.50. The van der Waals surface area contributed by atoms with E-state index in [1.165, 1.54) is 11.6 Å². The van der Waals surface area contributed by atoms with Gasteiger partial charge in [-0.1, -0.05) is 43.3 Å². The molecule has 144 valence electrons. The number of rotatable bonds is 6. The van der Waals surface area contributed by atoms with Gasteiger partial charge in [0.2, 0.25) is 0 Å². The maximum Gasteiger partial charge on any atom is 0.261 e. The van der Waals surface area contributed by atoms with Gasteiger partial charge in [0.1, 0.15) is 0 Å². The van der Waals surface area contributed by atoms with Crippen LogP contribution in [0.1, 0.15) is 12.5 Å². The van der Waals surface area contributed by atoms with Crippen LogP contribution in [0, 0.1) is 0 Å². The molecule has 0 bridgehead atoms. The maximum absolute atomic E-state index is 12.6. The molecule has 0 heterocycles. The quantitative estimate of drug-likeness (QED) is 0.506. The number of nitrogens with one attached hydrogen (secondary N) is 3. The molecule has 0 amide bonds. The minimum atomic E-state index is -3.69. The van der Waals surface area contributed by atoms with E-state index in [9.17, 15) is 8.42 Å². The number of aryl methyl sites for hydroxylation is 1. The van der Waals surface area contributed by atoms with Gasteiger partial charge in [-0.15, -0.1) is 0 Å². The number of hydrogen-bond acceptors (Lipinski definition) is 3. The van der Waals surface area contributed by atoms with Crippen molar-refractivity contribution in [2.45, 2.75) is 18.2 Å². The number of para-hydroxylation sites is 1. The van der Waals surface area contributed by atoms with Gasteiger partial charge < -0.3 is 10.6 Å². The number of sulfonamides is 1. The van der Waals surface area contributed by atoms with Crippen molar-refractivity contribution in [3.63, 3.8) is 0 Å². The Hall–Kier alpha value is -2.90. The zero-order valence-corrected chi connectivity index (χ0v) is 17.0. The lowest BCUT2D eigenvalue weighted by molar-refractivity contribution is 0.601. The highest BCUT2D eigenvalue weighted by Gasteiger charge is 2.14. The Kier molecular flexibility index (Phi) is 6.28. The van der Waals surface area contributed by atoms with Crippen molar-refractivity contribution in [3.8, 4) is 0 Å². The molecule has 0 radical (unpaired) electrons. The van der Waals surface area contributed by atoms with Crippen LogP contribution in [0.25, 0.3) is 0 Å². The van der Waals surface area contributed by atoms with E-state index in [2.05, 4.69) is 22.3 Å². The molecule has 0 aromatic heterocycles. The van der Waals surface area contributed by atoms with E-state index < -0.39 is 10.0 Å². The van der Waals surface area contributed by atoms with E-state index in [-0.39, 0.29) is 4.90 Å². The minimum absolute atomic E-state index is 0.149. The van der Waals surface area contributed by atoms with Crippen molar-refractivity contribution < 1.29 is 8.42 Å². The fourth-order valence-electron chi connectivity index (χ4n) is 2.58.